The number of carbonyl (C=O) groups excluding carboxylic acids is 1. The topological polar surface area (TPSA) is 55.1 Å². The highest BCUT2D eigenvalue weighted by Crippen LogP contribution is 2.24. The van der Waals surface area contributed by atoms with Gasteiger partial charge in [0, 0.05) is 5.56 Å². The van der Waals surface area contributed by atoms with E-state index in [9.17, 15) is 4.79 Å². The lowest BCUT2D eigenvalue weighted by Crippen LogP contribution is -2.28. The summed E-state index contributed by atoms with van der Waals surface area (Å²) in [6, 6.07) is 23.9. The Hall–Kier alpha value is -3.40. The summed E-state index contributed by atoms with van der Waals surface area (Å²) in [7, 11) is 0. The van der Waals surface area contributed by atoms with E-state index in [4.69, 9.17) is 4.42 Å². The number of aromatic nitrogens is 1. The molecular weight excluding hydrogens is 336 g/mol. The summed E-state index contributed by atoms with van der Waals surface area (Å²) >= 11 is 0. The lowest BCUT2D eigenvalue weighted by atomic mass is 9.99. The van der Waals surface area contributed by atoms with Crippen molar-refractivity contribution in [1.82, 2.24) is 10.3 Å². The number of nitrogens with zero attached hydrogens (tertiary/aromatic N) is 1. The van der Waals surface area contributed by atoms with E-state index in [0.717, 1.165) is 16.5 Å². The molecule has 0 aliphatic carbocycles. The highest BCUT2D eigenvalue weighted by atomic mass is 16.3. The Balaban J connectivity index is 1.46. The third-order valence-corrected chi connectivity index (χ3v) is 4.58. The summed E-state index contributed by atoms with van der Waals surface area (Å²) in [5.74, 6) is 0.448. The molecule has 0 saturated carbocycles. The molecule has 4 rings (SSSR count). The zero-order valence-electron chi connectivity index (χ0n) is 15.1. The first-order valence-electron chi connectivity index (χ1n) is 8.97. The zero-order chi connectivity index (χ0) is 18.6. The summed E-state index contributed by atoms with van der Waals surface area (Å²) in [4.78, 5) is 16.9. The second-order valence-electron chi connectivity index (χ2n) is 6.54. The fourth-order valence-corrected chi connectivity index (χ4v) is 3.26. The largest absolute Gasteiger partial charge is 0.444 e. The van der Waals surface area contributed by atoms with Crippen LogP contribution in [0.1, 0.15) is 24.2 Å². The standard InChI is InChI=1S/C23H20N2O2/c1-16(20-13-7-11-17-8-5-6-12-21(17)20)24-22(26)14-19-15-27-23(25-19)18-9-3-2-4-10-18/h2-13,15-16H,14H2,1H3,(H,24,26). The molecule has 0 aliphatic heterocycles. The van der Waals surface area contributed by atoms with Crippen molar-refractivity contribution in [2.45, 2.75) is 19.4 Å². The molecule has 1 heterocycles. The van der Waals surface area contributed by atoms with Gasteiger partial charge in [-0.25, -0.2) is 4.98 Å². The zero-order valence-corrected chi connectivity index (χ0v) is 15.1. The second-order valence-corrected chi connectivity index (χ2v) is 6.54. The molecule has 1 aromatic heterocycles. The van der Waals surface area contributed by atoms with Gasteiger partial charge in [-0.2, -0.15) is 0 Å². The molecule has 4 aromatic rings. The van der Waals surface area contributed by atoms with Gasteiger partial charge < -0.3 is 9.73 Å². The molecular formula is C23H20N2O2. The van der Waals surface area contributed by atoms with Crippen LogP contribution < -0.4 is 5.32 Å². The average molecular weight is 356 g/mol. The maximum absolute atomic E-state index is 12.5. The van der Waals surface area contributed by atoms with E-state index in [2.05, 4.69) is 34.6 Å². The average Bonchev–Trinajstić information content (AvgIpc) is 3.16. The lowest BCUT2D eigenvalue weighted by molar-refractivity contribution is -0.121. The first-order valence-corrected chi connectivity index (χ1v) is 8.97. The van der Waals surface area contributed by atoms with E-state index < -0.39 is 0 Å². The number of benzene rings is 3. The van der Waals surface area contributed by atoms with Crippen molar-refractivity contribution in [2.24, 2.45) is 0 Å². The van der Waals surface area contributed by atoms with Crippen LogP contribution in [0.25, 0.3) is 22.2 Å². The molecule has 0 bridgehead atoms. The van der Waals surface area contributed by atoms with E-state index in [-0.39, 0.29) is 18.4 Å². The van der Waals surface area contributed by atoms with Gasteiger partial charge in [0.05, 0.1) is 18.2 Å². The molecule has 0 spiro atoms. The van der Waals surface area contributed by atoms with Crippen molar-refractivity contribution in [1.29, 1.82) is 0 Å². The van der Waals surface area contributed by atoms with Crippen molar-refractivity contribution in [3.8, 4) is 11.5 Å². The van der Waals surface area contributed by atoms with Gasteiger partial charge in [-0.1, -0.05) is 60.7 Å². The first kappa shape index (κ1) is 17.0. The quantitative estimate of drug-likeness (QED) is 0.552. The number of nitrogens with one attached hydrogen (secondary N) is 1. The summed E-state index contributed by atoms with van der Waals surface area (Å²) < 4.78 is 5.51. The second kappa shape index (κ2) is 7.46. The van der Waals surface area contributed by atoms with Gasteiger partial charge in [-0.3, -0.25) is 4.79 Å². The van der Waals surface area contributed by atoms with Gasteiger partial charge >= 0.3 is 0 Å². The van der Waals surface area contributed by atoms with Crippen LogP contribution in [0.3, 0.4) is 0 Å². The molecule has 1 unspecified atom stereocenters. The molecule has 1 amide bonds. The third kappa shape index (κ3) is 3.75. The fourth-order valence-electron chi connectivity index (χ4n) is 3.26. The highest BCUT2D eigenvalue weighted by Gasteiger charge is 2.15. The van der Waals surface area contributed by atoms with Crippen molar-refractivity contribution in [3.63, 3.8) is 0 Å². The molecule has 0 aliphatic rings. The molecule has 0 saturated heterocycles. The van der Waals surface area contributed by atoms with E-state index in [1.54, 1.807) is 6.26 Å². The van der Waals surface area contributed by atoms with Gasteiger partial charge in [0.25, 0.3) is 0 Å². The van der Waals surface area contributed by atoms with Crippen LogP contribution in [-0.4, -0.2) is 10.9 Å². The number of amides is 1. The number of rotatable bonds is 5. The molecule has 0 fully saturated rings. The Morgan fingerprint density at radius 2 is 1.74 bits per heavy atom. The van der Waals surface area contributed by atoms with Gasteiger partial charge in [0.2, 0.25) is 11.8 Å². The van der Waals surface area contributed by atoms with Crippen LogP contribution in [-0.2, 0) is 11.2 Å². The predicted molar refractivity (Wildman–Crippen MR) is 106 cm³/mol. The molecule has 4 nitrogen and oxygen atoms in total. The van der Waals surface area contributed by atoms with Gasteiger partial charge in [-0.15, -0.1) is 0 Å². The van der Waals surface area contributed by atoms with Gasteiger partial charge in [0.15, 0.2) is 0 Å². The minimum atomic E-state index is -0.0934. The minimum Gasteiger partial charge on any atom is -0.444 e. The van der Waals surface area contributed by atoms with Crippen molar-refractivity contribution >= 4 is 16.7 Å². The summed E-state index contributed by atoms with van der Waals surface area (Å²) in [6.45, 7) is 2.00. The Morgan fingerprint density at radius 3 is 2.59 bits per heavy atom. The number of carbonyl (C=O) groups is 1. The number of fused-ring (bicyclic) bond motifs is 1. The van der Waals surface area contributed by atoms with Crippen LogP contribution in [0.15, 0.2) is 83.5 Å². The van der Waals surface area contributed by atoms with Crippen LogP contribution in [0.4, 0.5) is 0 Å². The smallest absolute Gasteiger partial charge is 0.226 e. The minimum absolute atomic E-state index is 0.0802. The van der Waals surface area contributed by atoms with Gasteiger partial charge in [0.1, 0.15) is 6.26 Å². The van der Waals surface area contributed by atoms with E-state index in [1.165, 1.54) is 5.39 Å². The Morgan fingerprint density at radius 1 is 1.00 bits per heavy atom. The maximum Gasteiger partial charge on any atom is 0.226 e. The molecule has 1 N–H and O–H groups in total. The summed E-state index contributed by atoms with van der Waals surface area (Å²) in [6.07, 6.45) is 1.73. The lowest BCUT2D eigenvalue weighted by Gasteiger charge is -2.16. The Bertz CT molecular complexity index is 1060. The van der Waals surface area contributed by atoms with Crippen LogP contribution >= 0.6 is 0 Å². The highest BCUT2D eigenvalue weighted by molar-refractivity contribution is 5.87. The Kier molecular flexibility index (Phi) is 4.71. The van der Waals surface area contributed by atoms with E-state index >= 15 is 0 Å². The van der Waals surface area contributed by atoms with Crippen molar-refractivity contribution < 1.29 is 9.21 Å². The first-order chi connectivity index (χ1) is 13.2. The molecule has 1 atom stereocenters. The SMILES string of the molecule is CC(NC(=O)Cc1coc(-c2ccccc2)n1)c1cccc2ccccc12. The normalized spacial score (nSPS) is 12.0. The summed E-state index contributed by atoms with van der Waals surface area (Å²) in [5, 5.41) is 5.39. The number of oxazole rings is 1. The monoisotopic (exact) mass is 356 g/mol. The predicted octanol–water partition coefficient (Wildman–Crippen LogP) is 4.91. The van der Waals surface area contributed by atoms with Crippen LogP contribution in [0.2, 0.25) is 0 Å². The summed E-state index contributed by atoms with van der Waals surface area (Å²) in [5.41, 5.74) is 2.62. The Labute approximate surface area is 157 Å². The third-order valence-electron chi connectivity index (χ3n) is 4.58. The molecule has 0 radical (unpaired) electrons. The van der Waals surface area contributed by atoms with Gasteiger partial charge in [-0.05, 0) is 35.4 Å². The number of hydrogen-bond donors (Lipinski definition) is 1. The van der Waals surface area contributed by atoms with Crippen molar-refractivity contribution in [3.05, 3.63) is 90.3 Å². The van der Waals surface area contributed by atoms with Crippen LogP contribution in [0.5, 0.6) is 0 Å². The molecule has 27 heavy (non-hydrogen) atoms. The molecule has 134 valence electrons. The number of hydrogen-bond acceptors (Lipinski definition) is 3. The molecule has 4 heteroatoms. The fraction of sp³-hybridized carbons (Fsp3) is 0.130. The molecule has 3 aromatic carbocycles. The maximum atomic E-state index is 12.5. The van der Waals surface area contributed by atoms with Crippen molar-refractivity contribution in [2.75, 3.05) is 0 Å². The van der Waals surface area contributed by atoms with Crippen LogP contribution in [0, 0.1) is 0 Å². The van der Waals surface area contributed by atoms with E-state index in [1.807, 2.05) is 55.5 Å². The van der Waals surface area contributed by atoms with E-state index in [0.29, 0.717) is 11.6 Å².